The maximum Gasteiger partial charge on any atom is 0.240 e. The standard InChI is InChI=1S/C13H21N3O3S/c1-15-20(17,18)11-5-6-13(12(14)8-11)16-9-3-4-10(7-9)19-2/h5-6,8-10,15-16H,3-4,7,14H2,1-2H3. The number of benzene rings is 1. The highest BCUT2D eigenvalue weighted by atomic mass is 32.2. The molecule has 7 heteroatoms. The van der Waals surface area contributed by atoms with Crippen LogP contribution in [-0.4, -0.2) is 34.7 Å². The number of nitrogens with two attached hydrogens (primary N) is 1. The molecule has 1 aliphatic carbocycles. The van der Waals surface area contributed by atoms with Crippen molar-refractivity contribution >= 4 is 21.4 Å². The Balaban J connectivity index is 2.11. The Bertz CT molecular complexity index is 574. The molecule has 1 fully saturated rings. The Hall–Kier alpha value is -1.31. The lowest BCUT2D eigenvalue weighted by atomic mass is 10.2. The van der Waals surface area contributed by atoms with Crippen LogP contribution >= 0.6 is 0 Å². The number of ether oxygens (including phenoxy) is 1. The third kappa shape index (κ3) is 3.23. The number of sulfonamides is 1. The summed E-state index contributed by atoms with van der Waals surface area (Å²) >= 11 is 0. The second kappa shape index (κ2) is 5.99. The van der Waals surface area contributed by atoms with Gasteiger partial charge in [0.25, 0.3) is 0 Å². The van der Waals surface area contributed by atoms with Crippen molar-refractivity contribution in [1.29, 1.82) is 0 Å². The smallest absolute Gasteiger partial charge is 0.240 e. The Morgan fingerprint density at radius 3 is 2.65 bits per heavy atom. The minimum Gasteiger partial charge on any atom is -0.397 e. The number of hydrogen-bond acceptors (Lipinski definition) is 5. The molecule has 1 saturated carbocycles. The maximum absolute atomic E-state index is 11.7. The van der Waals surface area contributed by atoms with Crippen molar-refractivity contribution in [2.24, 2.45) is 0 Å². The molecule has 1 aromatic carbocycles. The average Bonchev–Trinajstić information content (AvgIpc) is 2.88. The van der Waals surface area contributed by atoms with E-state index in [4.69, 9.17) is 10.5 Å². The fourth-order valence-corrected chi connectivity index (χ4v) is 3.23. The van der Waals surface area contributed by atoms with Gasteiger partial charge in [-0.1, -0.05) is 0 Å². The predicted molar refractivity (Wildman–Crippen MR) is 79.2 cm³/mol. The zero-order valence-electron chi connectivity index (χ0n) is 11.7. The van der Waals surface area contributed by atoms with E-state index in [2.05, 4.69) is 10.0 Å². The molecule has 0 bridgehead atoms. The summed E-state index contributed by atoms with van der Waals surface area (Å²) < 4.78 is 31.0. The van der Waals surface area contributed by atoms with Gasteiger partial charge in [0.05, 0.1) is 22.4 Å². The van der Waals surface area contributed by atoms with Gasteiger partial charge in [-0.3, -0.25) is 0 Å². The fourth-order valence-electron chi connectivity index (χ4n) is 2.46. The number of nitrogens with one attached hydrogen (secondary N) is 2. The van der Waals surface area contributed by atoms with Crippen molar-refractivity contribution in [3.8, 4) is 0 Å². The lowest BCUT2D eigenvalue weighted by molar-refractivity contribution is 0.108. The van der Waals surface area contributed by atoms with Crippen molar-refractivity contribution in [2.75, 3.05) is 25.2 Å². The molecule has 2 unspecified atom stereocenters. The van der Waals surface area contributed by atoms with Crippen molar-refractivity contribution < 1.29 is 13.2 Å². The molecule has 0 saturated heterocycles. The van der Waals surface area contributed by atoms with Crippen LogP contribution in [0, 0.1) is 0 Å². The molecule has 0 amide bonds. The molecule has 2 atom stereocenters. The Morgan fingerprint density at radius 1 is 1.35 bits per heavy atom. The SMILES string of the molecule is CNS(=O)(=O)c1ccc(NC2CCC(OC)C2)c(N)c1. The molecular weight excluding hydrogens is 278 g/mol. The number of hydrogen-bond donors (Lipinski definition) is 3. The topological polar surface area (TPSA) is 93.5 Å². The van der Waals surface area contributed by atoms with Crippen LogP contribution in [0.4, 0.5) is 11.4 Å². The van der Waals surface area contributed by atoms with E-state index >= 15 is 0 Å². The normalized spacial score (nSPS) is 22.9. The van der Waals surface area contributed by atoms with Crippen LogP contribution in [0.3, 0.4) is 0 Å². The van der Waals surface area contributed by atoms with E-state index in [0.29, 0.717) is 11.7 Å². The quantitative estimate of drug-likeness (QED) is 0.709. The van der Waals surface area contributed by atoms with Crippen LogP contribution in [0.1, 0.15) is 19.3 Å². The van der Waals surface area contributed by atoms with Crippen LogP contribution in [0.5, 0.6) is 0 Å². The zero-order chi connectivity index (χ0) is 14.8. The molecule has 6 nitrogen and oxygen atoms in total. The Kier molecular flexibility index (Phi) is 4.52. The van der Waals surface area contributed by atoms with E-state index in [1.54, 1.807) is 19.2 Å². The summed E-state index contributed by atoms with van der Waals surface area (Å²) in [4.78, 5) is 0.171. The van der Waals surface area contributed by atoms with Gasteiger partial charge >= 0.3 is 0 Å². The minimum absolute atomic E-state index is 0.171. The summed E-state index contributed by atoms with van der Waals surface area (Å²) in [5.74, 6) is 0. The van der Waals surface area contributed by atoms with Gasteiger partial charge in [-0.2, -0.15) is 0 Å². The number of rotatable bonds is 5. The number of methoxy groups -OCH3 is 1. The molecule has 1 aromatic rings. The summed E-state index contributed by atoms with van der Waals surface area (Å²) in [6, 6.07) is 5.04. The lowest BCUT2D eigenvalue weighted by Crippen LogP contribution is -2.20. The molecule has 112 valence electrons. The van der Waals surface area contributed by atoms with E-state index in [9.17, 15) is 8.42 Å². The molecule has 0 aromatic heterocycles. The number of nitrogen functional groups attached to an aromatic ring is 1. The molecule has 0 spiro atoms. The highest BCUT2D eigenvalue weighted by Crippen LogP contribution is 2.28. The average molecular weight is 299 g/mol. The van der Waals surface area contributed by atoms with E-state index in [0.717, 1.165) is 24.9 Å². The second-order valence-corrected chi connectivity index (χ2v) is 6.86. The summed E-state index contributed by atoms with van der Waals surface area (Å²) in [7, 11) is -0.358. The highest BCUT2D eigenvalue weighted by Gasteiger charge is 2.24. The van der Waals surface area contributed by atoms with Gasteiger partial charge in [0.15, 0.2) is 0 Å². The number of anilines is 2. The van der Waals surface area contributed by atoms with Gasteiger partial charge in [-0.05, 0) is 44.5 Å². The van der Waals surface area contributed by atoms with Gasteiger partial charge < -0.3 is 15.8 Å². The highest BCUT2D eigenvalue weighted by molar-refractivity contribution is 7.89. The molecule has 20 heavy (non-hydrogen) atoms. The Morgan fingerprint density at radius 2 is 2.10 bits per heavy atom. The first kappa shape index (κ1) is 15.1. The van der Waals surface area contributed by atoms with Crippen LogP contribution in [0.15, 0.2) is 23.1 Å². The first-order chi connectivity index (χ1) is 9.46. The lowest BCUT2D eigenvalue weighted by Gasteiger charge is -2.16. The van der Waals surface area contributed by atoms with Gasteiger partial charge in [0, 0.05) is 13.2 Å². The monoisotopic (exact) mass is 299 g/mol. The zero-order valence-corrected chi connectivity index (χ0v) is 12.5. The molecular formula is C13H21N3O3S. The predicted octanol–water partition coefficient (Wildman–Crippen LogP) is 1.16. The van der Waals surface area contributed by atoms with Gasteiger partial charge in [0.2, 0.25) is 10.0 Å². The van der Waals surface area contributed by atoms with Gasteiger partial charge in [0.1, 0.15) is 0 Å². The Labute approximate surface area is 119 Å². The van der Waals surface area contributed by atoms with E-state index in [1.807, 2.05) is 0 Å². The van der Waals surface area contributed by atoms with Crippen LogP contribution in [-0.2, 0) is 14.8 Å². The summed E-state index contributed by atoms with van der Waals surface area (Å²) in [6.07, 6.45) is 3.28. The first-order valence-electron chi connectivity index (χ1n) is 6.58. The molecule has 2 rings (SSSR count). The minimum atomic E-state index is -3.46. The maximum atomic E-state index is 11.7. The largest absolute Gasteiger partial charge is 0.397 e. The van der Waals surface area contributed by atoms with Gasteiger partial charge in [-0.15, -0.1) is 0 Å². The second-order valence-electron chi connectivity index (χ2n) is 4.97. The summed E-state index contributed by atoms with van der Waals surface area (Å²) in [5.41, 5.74) is 7.13. The molecule has 0 aliphatic heterocycles. The third-order valence-electron chi connectivity index (χ3n) is 3.68. The molecule has 0 heterocycles. The summed E-state index contributed by atoms with van der Waals surface area (Å²) in [6.45, 7) is 0. The van der Waals surface area contributed by atoms with Crippen molar-refractivity contribution in [2.45, 2.75) is 36.3 Å². The molecule has 4 N–H and O–H groups in total. The van der Waals surface area contributed by atoms with Crippen LogP contribution in [0.25, 0.3) is 0 Å². The van der Waals surface area contributed by atoms with E-state index in [-0.39, 0.29) is 11.0 Å². The van der Waals surface area contributed by atoms with Crippen LogP contribution < -0.4 is 15.8 Å². The van der Waals surface area contributed by atoms with E-state index < -0.39 is 10.0 Å². The first-order valence-corrected chi connectivity index (χ1v) is 8.07. The van der Waals surface area contributed by atoms with Crippen molar-refractivity contribution in [3.63, 3.8) is 0 Å². The summed E-state index contributed by atoms with van der Waals surface area (Å²) in [5, 5.41) is 3.35. The van der Waals surface area contributed by atoms with Crippen LogP contribution in [0.2, 0.25) is 0 Å². The van der Waals surface area contributed by atoms with Gasteiger partial charge in [-0.25, -0.2) is 13.1 Å². The third-order valence-corrected chi connectivity index (χ3v) is 5.09. The van der Waals surface area contributed by atoms with Crippen molar-refractivity contribution in [1.82, 2.24) is 4.72 Å². The fraction of sp³-hybridized carbons (Fsp3) is 0.538. The van der Waals surface area contributed by atoms with E-state index in [1.165, 1.54) is 13.1 Å². The van der Waals surface area contributed by atoms with Crippen molar-refractivity contribution in [3.05, 3.63) is 18.2 Å². The molecule has 0 radical (unpaired) electrons. The molecule has 1 aliphatic rings.